The van der Waals surface area contributed by atoms with E-state index in [1.165, 1.54) is 6.92 Å². The van der Waals surface area contributed by atoms with E-state index in [2.05, 4.69) is 5.32 Å². The number of sulfone groups is 1. The van der Waals surface area contributed by atoms with Crippen molar-refractivity contribution >= 4 is 15.7 Å². The SMILES string of the molecule is CCCNC(=O)C(C)S(=O)(=O)c1ccc(F)c(F)c1. The van der Waals surface area contributed by atoms with Crippen LogP contribution in [-0.4, -0.2) is 26.1 Å². The van der Waals surface area contributed by atoms with E-state index in [-0.39, 0.29) is 0 Å². The second-order valence-corrected chi connectivity index (χ2v) is 6.32. The van der Waals surface area contributed by atoms with Crippen LogP contribution in [0.4, 0.5) is 8.78 Å². The molecule has 0 saturated carbocycles. The fraction of sp³-hybridized carbons (Fsp3) is 0.417. The summed E-state index contributed by atoms with van der Waals surface area (Å²) in [5, 5.41) is 1.09. The molecule has 0 aliphatic carbocycles. The van der Waals surface area contributed by atoms with Crippen molar-refractivity contribution in [1.82, 2.24) is 5.32 Å². The van der Waals surface area contributed by atoms with Gasteiger partial charge in [-0.2, -0.15) is 0 Å². The van der Waals surface area contributed by atoms with Gasteiger partial charge in [0.2, 0.25) is 5.91 Å². The molecular weight excluding hydrogens is 276 g/mol. The molecule has 7 heteroatoms. The Morgan fingerprint density at radius 1 is 1.32 bits per heavy atom. The van der Waals surface area contributed by atoms with Gasteiger partial charge in [0.25, 0.3) is 0 Å². The molecule has 0 heterocycles. The molecule has 1 atom stereocenters. The molecule has 1 amide bonds. The normalized spacial score (nSPS) is 13.1. The van der Waals surface area contributed by atoms with Gasteiger partial charge in [0.15, 0.2) is 21.5 Å². The molecule has 0 saturated heterocycles. The number of carbonyl (C=O) groups excluding carboxylic acids is 1. The first-order chi connectivity index (χ1) is 8.80. The zero-order valence-electron chi connectivity index (χ0n) is 10.6. The zero-order valence-corrected chi connectivity index (χ0v) is 11.4. The van der Waals surface area contributed by atoms with Crippen LogP contribution >= 0.6 is 0 Å². The molecule has 1 N–H and O–H groups in total. The third kappa shape index (κ3) is 3.50. The van der Waals surface area contributed by atoms with E-state index >= 15 is 0 Å². The Balaban J connectivity index is 3.02. The Labute approximate surface area is 110 Å². The highest BCUT2D eigenvalue weighted by molar-refractivity contribution is 7.92. The first kappa shape index (κ1) is 15.6. The summed E-state index contributed by atoms with van der Waals surface area (Å²) in [4.78, 5) is 11.2. The average Bonchev–Trinajstić information content (AvgIpc) is 2.37. The van der Waals surface area contributed by atoms with Crippen LogP contribution in [0.1, 0.15) is 20.3 Å². The summed E-state index contributed by atoms with van der Waals surface area (Å²) < 4.78 is 49.9. The maximum absolute atomic E-state index is 13.0. The summed E-state index contributed by atoms with van der Waals surface area (Å²) >= 11 is 0. The van der Waals surface area contributed by atoms with Gasteiger partial charge in [0, 0.05) is 6.54 Å². The largest absolute Gasteiger partial charge is 0.355 e. The lowest BCUT2D eigenvalue weighted by molar-refractivity contribution is -0.120. The third-order valence-corrected chi connectivity index (χ3v) is 4.66. The van der Waals surface area contributed by atoms with Gasteiger partial charge in [-0.25, -0.2) is 17.2 Å². The van der Waals surface area contributed by atoms with E-state index < -0.39 is 37.5 Å². The third-order valence-electron chi connectivity index (χ3n) is 2.60. The van der Waals surface area contributed by atoms with Crippen molar-refractivity contribution < 1.29 is 22.0 Å². The molecule has 1 aromatic rings. The molecule has 0 spiro atoms. The Morgan fingerprint density at radius 2 is 1.95 bits per heavy atom. The molecule has 0 bridgehead atoms. The number of rotatable bonds is 5. The van der Waals surface area contributed by atoms with E-state index in [4.69, 9.17) is 0 Å². The number of hydrogen-bond donors (Lipinski definition) is 1. The van der Waals surface area contributed by atoms with Crippen LogP contribution in [0.15, 0.2) is 23.1 Å². The second-order valence-electron chi connectivity index (χ2n) is 4.05. The Bertz CT molecular complexity index is 572. The van der Waals surface area contributed by atoms with Crippen LogP contribution in [0.25, 0.3) is 0 Å². The maximum Gasteiger partial charge on any atom is 0.238 e. The highest BCUT2D eigenvalue weighted by Gasteiger charge is 2.30. The predicted molar refractivity (Wildman–Crippen MR) is 66.3 cm³/mol. The molecule has 106 valence electrons. The first-order valence-electron chi connectivity index (χ1n) is 5.77. The van der Waals surface area contributed by atoms with Crippen molar-refractivity contribution in [2.45, 2.75) is 30.4 Å². The van der Waals surface area contributed by atoms with Crippen LogP contribution in [0, 0.1) is 11.6 Å². The molecule has 0 aliphatic heterocycles. The molecule has 19 heavy (non-hydrogen) atoms. The number of halogens is 2. The van der Waals surface area contributed by atoms with Gasteiger partial charge in [0.05, 0.1) is 4.90 Å². The summed E-state index contributed by atoms with van der Waals surface area (Å²) in [6, 6.07) is 2.24. The number of hydrogen-bond acceptors (Lipinski definition) is 3. The van der Waals surface area contributed by atoms with Gasteiger partial charge >= 0.3 is 0 Å². The van der Waals surface area contributed by atoms with Crippen molar-refractivity contribution in [3.8, 4) is 0 Å². The van der Waals surface area contributed by atoms with Gasteiger partial charge in [-0.15, -0.1) is 0 Å². The molecule has 0 aromatic heterocycles. The summed E-state index contributed by atoms with van der Waals surface area (Å²) in [5.74, 6) is -3.06. The first-order valence-corrected chi connectivity index (χ1v) is 7.32. The lowest BCUT2D eigenvalue weighted by Crippen LogP contribution is -2.38. The van der Waals surface area contributed by atoms with E-state index in [0.717, 1.165) is 12.1 Å². The molecular formula is C12H15F2NO3S. The average molecular weight is 291 g/mol. The minimum Gasteiger partial charge on any atom is -0.355 e. The van der Waals surface area contributed by atoms with E-state index in [1.54, 1.807) is 0 Å². The fourth-order valence-electron chi connectivity index (χ4n) is 1.39. The van der Waals surface area contributed by atoms with Crippen LogP contribution in [0.3, 0.4) is 0 Å². The summed E-state index contributed by atoms with van der Waals surface area (Å²) in [6.07, 6.45) is 0.670. The van der Waals surface area contributed by atoms with Crippen molar-refractivity contribution in [2.24, 2.45) is 0 Å². The summed E-state index contributed by atoms with van der Waals surface area (Å²) in [7, 11) is -4.03. The second kappa shape index (κ2) is 6.10. The highest BCUT2D eigenvalue weighted by atomic mass is 32.2. The molecule has 0 aliphatic rings. The molecule has 1 unspecified atom stereocenters. The van der Waals surface area contributed by atoms with Gasteiger partial charge in [-0.1, -0.05) is 6.92 Å². The Morgan fingerprint density at radius 3 is 2.47 bits per heavy atom. The predicted octanol–water partition coefficient (Wildman–Crippen LogP) is 1.65. The van der Waals surface area contributed by atoms with Crippen molar-refractivity contribution in [3.63, 3.8) is 0 Å². The van der Waals surface area contributed by atoms with Crippen molar-refractivity contribution in [2.75, 3.05) is 6.54 Å². The topological polar surface area (TPSA) is 63.2 Å². The minimum absolute atomic E-state index is 0.358. The Kier molecular flexibility index (Phi) is 4.99. The minimum atomic E-state index is -4.03. The zero-order chi connectivity index (χ0) is 14.6. The molecule has 0 radical (unpaired) electrons. The quantitative estimate of drug-likeness (QED) is 0.839. The van der Waals surface area contributed by atoms with Crippen LogP contribution in [0.5, 0.6) is 0 Å². The molecule has 0 fully saturated rings. The fourth-order valence-corrected chi connectivity index (χ4v) is 2.69. The lowest BCUT2D eigenvalue weighted by Gasteiger charge is -2.13. The standard InChI is InChI=1S/C12H15F2NO3S/c1-3-6-15-12(16)8(2)19(17,18)9-4-5-10(13)11(14)7-9/h4-5,7-8H,3,6H2,1-2H3,(H,15,16). The van der Waals surface area contributed by atoms with Gasteiger partial charge in [-0.05, 0) is 31.5 Å². The summed E-state index contributed by atoms with van der Waals surface area (Å²) in [6.45, 7) is 3.40. The smallest absolute Gasteiger partial charge is 0.238 e. The van der Waals surface area contributed by atoms with Gasteiger partial charge < -0.3 is 5.32 Å². The van der Waals surface area contributed by atoms with Crippen LogP contribution < -0.4 is 5.32 Å². The number of nitrogens with one attached hydrogen (secondary N) is 1. The molecule has 4 nitrogen and oxygen atoms in total. The van der Waals surface area contributed by atoms with Crippen molar-refractivity contribution in [1.29, 1.82) is 0 Å². The van der Waals surface area contributed by atoms with Gasteiger partial charge in [0.1, 0.15) is 5.25 Å². The number of benzene rings is 1. The van der Waals surface area contributed by atoms with Crippen molar-refractivity contribution in [3.05, 3.63) is 29.8 Å². The van der Waals surface area contributed by atoms with Crippen LogP contribution in [0.2, 0.25) is 0 Å². The van der Waals surface area contributed by atoms with E-state index in [0.29, 0.717) is 19.0 Å². The molecule has 1 rings (SSSR count). The Hall–Kier alpha value is -1.50. The van der Waals surface area contributed by atoms with Crippen LogP contribution in [-0.2, 0) is 14.6 Å². The maximum atomic E-state index is 13.0. The monoisotopic (exact) mass is 291 g/mol. The number of carbonyl (C=O) groups is 1. The lowest BCUT2D eigenvalue weighted by atomic mass is 10.3. The molecule has 1 aromatic carbocycles. The summed E-state index contributed by atoms with van der Waals surface area (Å²) in [5.41, 5.74) is 0. The van der Waals surface area contributed by atoms with E-state index in [9.17, 15) is 22.0 Å². The van der Waals surface area contributed by atoms with Gasteiger partial charge in [-0.3, -0.25) is 4.79 Å². The highest BCUT2D eigenvalue weighted by Crippen LogP contribution is 2.18. The number of amides is 1. The van der Waals surface area contributed by atoms with E-state index in [1.807, 2.05) is 6.92 Å².